The average molecular weight is 292 g/mol. The molecule has 0 radical (unpaired) electrons. The largest absolute Gasteiger partial charge is 0.497 e. The quantitative estimate of drug-likeness (QED) is 0.711. The minimum Gasteiger partial charge on any atom is -0.497 e. The van der Waals surface area contributed by atoms with E-state index in [4.69, 9.17) is 4.74 Å². The molecule has 1 N–H and O–H groups in total. The maximum atomic E-state index is 5.34. The monoisotopic (exact) mass is 292 g/mol. The Morgan fingerprint density at radius 2 is 1.86 bits per heavy atom. The van der Waals surface area contributed by atoms with Gasteiger partial charge in [-0.1, -0.05) is 45.7 Å². The molecule has 0 saturated carbocycles. The zero-order valence-electron chi connectivity index (χ0n) is 14.4. The van der Waals surface area contributed by atoms with Crippen molar-refractivity contribution in [1.82, 2.24) is 10.2 Å². The van der Waals surface area contributed by atoms with Crippen LogP contribution in [0.4, 0.5) is 0 Å². The highest BCUT2D eigenvalue weighted by molar-refractivity contribution is 5.30. The summed E-state index contributed by atoms with van der Waals surface area (Å²) in [5.41, 5.74) is 1.29. The van der Waals surface area contributed by atoms with E-state index in [1.807, 2.05) is 13.1 Å². The molecule has 0 heterocycles. The highest BCUT2D eigenvalue weighted by Crippen LogP contribution is 2.21. The van der Waals surface area contributed by atoms with Crippen molar-refractivity contribution >= 4 is 0 Å². The first-order chi connectivity index (χ1) is 10.2. The Hall–Kier alpha value is -1.06. The number of ether oxygens (including phenoxy) is 1. The van der Waals surface area contributed by atoms with E-state index >= 15 is 0 Å². The molecule has 1 unspecified atom stereocenters. The van der Waals surface area contributed by atoms with Gasteiger partial charge >= 0.3 is 0 Å². The van der Waals surface area contributed by atoms with Gasteiger partial charge in [-0.2, -0.15) is 0 Å². The minimum absolute atomic E-state index is 0.342. The van der Waals surface area contributed by atoms with E-state index in [0.29, 0.717) is 6.04 Å². The number of nitrogens with zero attached hydrogens (tertiary/aromatic N) is 1. The molecule has 0 aromatic heterocycles. The molecule has 3 heteroatoms. The Bertz CT molecular complexity index is 391. The predicted molar refractivity (Wildman–Crippen MR) is 91.0 cm³/mol. The van der Waals surface area contributed by atoms with Crippen LogP contribution in [0, 0.1) is 5.92 Å². The Labute approximate surface area is 130 Å². The summed E-state index contributed by atoms with van der Waals surface area (Å²) in [7, 11) is 3.76. The number of nitrogens with one attached hydrogen (secondary N) is 1. The fraction of sp³-hybridized carbons (Fsp3) is 0.667. The molecule has 1 atom stereocenters. The van der Waals surface area contributed by atoms with Crippen LogP contribution >= 0.6 is 0 Å². The molecule has 0 bridgehead atoms. The van der Waals surface area contributed by atoms with E-state index in [-0.39, 0.29) is 0 Å². The molecule has 1 aromatic carbocycles. The lowest BCUT2D eigenvalue weighted by Gasteiger charge is -2.29. The fourth-order valence-electron chi connectivity index (χ4n) is 2.72. The summed E-state index contributed by atoms with van der Waals surface area (Å²) in [6.07, 6.45) is 2.52. The van der Waals surface area contributed by atoms with Crippen molar-refractivity contribution in [3.63, 3.8) is 0 Å². The molecule has 1 aromatic rings. The van der Waals surface area contributed by atoms with Gasteiger partial charge in [-0.05, 0) is 37.2 Å². The number of benzene rings is 1. The molecule has 3 nitrogen and oxygen atoms in total. The molecule has 120 valence electrons. The summed E-state index contributed by atoms with van der Waals surface area (Å²) < 4.78 is 5.34. The van der Waals surface area contributed by atoms with Gasteiger partial charge in [0.25, 0.3) is 0 Å². The number of hydrogen-bond donors (Lipinski definition) is 1. The lowest BCUT2D eigenvalue weighted by atomic mass is 10.0. The van der Waals surface area contributed by atoms with Crippen LogP contribution in [0.2, 0.25) is 0 Å². The summed E-state index contributed by atoms with van der Waals surface area (Å²) in [5, 5.41) is 3.45. The average Bonchev–Trinajstić information content (AvgIpc) is 2.55. The Balaban J connectivity index is 2.74. The lowest BCUT2D eigenvalue weighted by Crippen LogP contribution is -2.36. The second kappa shape index (κ2) is 9.80. The van der Waals surface area contributed by atoms with Gasteiger partial charge in [-0.3, -0.25) is 0 Å². The third-order valence-corrected chi connectivity index (χ3v) is 4.40. The van der Waals surface area contributed by atoms with Gasteiger partial charge in [-0.25, -0.2) is 0 Å². The number of hydrogen-bond acceptors (Lipinski definition) is 3. The summed E-state index contributed by atoms with van der Waals surface area (Å²) >= 11 is 0. The van der Waals surface area contributed by atoms with Gasteiger partial charge < -0.3 is 15.0 Å². The molecule has 0 fully saturated rings. The fourth-order valence-corrected chi connectivity index (χ4v) is 2.72. The van der Waals surface area contributed by atoms with E-state index in [2.05, 4.69) is 49.2 Å². The van der Waals surface area contributed by atoms with Crippen LogP contribution in [0.25, 0.3) is 0 Å². The number of methoxy groups -OCH3 is 1. The summed E-state index contributed by atoms with van der Waals surface area (Å²) in [5.74, 6) is 1.73. The van der Waals surface area contributed by atoms with Crippen LogP contribution in [0.1, 0.15) is 45.2 Å². The Morgan fingerprint density at radius 1 is 1.14 bits per heavy atom. The third kappa shape index (κ3) is 5.68. The van der Waals surface area contributed by atoms with Gasteiger partial charge in [0.2, 0.25) is 0 Å². The molecule has 0 amide bonds. The highest BCUT2D eigenvalue weighted by atomic mass is 16.5. The SMILES string of the molecule is CCC(CC)CN(CC)CC(NC)c1cccc(OC)c1. The molecule has 1 rings (SSSR count). The van der Waals surface area contributed by atoms with Gasteiger partial charge in [-0.15, -0.1) is 0 Å². The number of rotatable bonds is 10. The molecular formula is C18H32N2O. The predicted octanol–water partition coefficient (Wildman–Crippen LogP) is 3.71. The topological polar surface area (TPSA) is 24.5 Å². The summed E-state index contributed by atoms with van der Waals surface area (Å²) in [6, 6.07) is 8.71. The van der Waals surface area contributed by atoms with Crippen molar-refractivity contribution in [2.45, 2.75) is 39.7 Å². The summed E-state index contributed by atoms with van der Waals surface area (Å²) in [6.45, 7) is 10.2. The van der Waals surface area contributed by atoms with Gasteiger partial charge in [0.1, 0.15) is 5.75 Å². The maximum Gasteiger partial charge on any atom is 0.119 e. The van der Waals surface area contributed by atoms with Crippen molar-refractivity contribution in [2.24, 2.45) is 5.92 Å². The molecule has 0 aliphatic carbocycles. The van der Waals surface area contributed by atoms with Crippen LogP contribution in [0.5, 0.6) is 5.75 Å². The Kier molecular flexibility index (Phi) is 8.40. The van der Waals surface area contributed by atoms with E-state index in [0.717, 1.165) is 24.8 Å². The first-order valence-corrected chi connectivity index (χ1v) is 8.21. The molecular weight excluding hydrogens is 260 g/mol. The van der Waals surface area contributed by atoms with Crippen molar-refractivity contribution < 1.29 is 4.74 Å². The standard InChI is InChI=1S/C18H32N2O/c1-6-15(7-2)13-20(8-3)14-18(19-4)16-10-9-11-17(12-16)21-5/h9-12,15,18-19H,6-8,13-14H2,1-5H3. The molecule has 0 aliphatic heterocycles. The zero-order valence-corrected chi connectivity index (χ0v) is 14.4. The lowest BCUT2D eigenvalue weighted by molar-refractivity contribution is 0.213. The van der Waals surface area contributed by atoms with Gasteiger partial charge in [0.15, 0.2) is 0 Å². The van der Waals surface area contributed by atoms with Crippen LogP contribution < -0.4 is 10.1 Å². The second-order valence-electron chi connectivity index (χ2n) is 5.65. The van der Waals surface area contributed by atoms with E-state index < -0.39 is 0 Å². The van der Waals surface area contributed by atoms with Crippen molar-refractivity contribution in [2.75, 3.05) is 33.8 Å². The normalized spacial score (nSPS) is 12.9. The molecule has 0 spiro atoms. The smallest absolute Gasteiger partial charge is 0.119 e. The minimum atomic E-state index is 0.342. The maximum absolute atomic E-state index is 5.34. The van der Waals surface area contributed by atoms with Gasteiger partial charge in [0, 0.05) is 19.1 Å². The second-order valence-corrected chi connectivity index (χ2v) is 5.65. The first-order valence-electron chi connectivity index (χ1n) is 8.21. The number of likely N-dealkylation sites (N-methyl/N-ethyl adjacent to an activating group) is 2. The highest BCUT2D eigenvalue weighted by Gasteiger charge is 2.16. The van der Waals surface area contributed by atoms with Crippen LogP contribution in [0.15, 0.2) is 24.3 Å². The van der Waals surface area contributed by atoms with E-state index in [9.17, 15) is 0 Å². The molecule has 21 heavy (non-hydrogen) atoms. The molecule has 0 saturated heterocycles. The first kappa shape index (κ1) is 18.0. The van der Waals surface area contributed by atoms with Crippen LogP contribution in [-0.4, -0.2) is 38.7 Å². The molecule has 0 aliphatic rings. The van der Waals surface area contributed by atoms with Crippen molar-refractivity contribution in [3.05, 3.63) is 29.8 Å². The Morgan fingerprint density at radius 3 is 2.38 bits per heavy atom. The van der Waals surface area contributed by atoms with Gasteiger partial charge in [0.05, 0.1) is 7.11 Å². The van der Waals surface area contributed by atoms with Crippen LogP contribution in [0.3, 0.4) is 0 Å². The third-order valence-electron chi connectivity index (χ3n) is 4.40. The van der Waals surface area contributed by atoms with Crippen molar-refractivity contribution in [1.29, 1.82) is 0 Å². The summed E-state index contributed by atoms with van der Waals surface area (Å²) in [4.78, 5) is 2.55. The zero-order chi connectivity index (χ0) is 15.7. The van der Waals surface area contributed by atoms with E-state index in [1.54, 1.807) is 7.11 Å². The van der Waals surface area contributed by atoms with Crippen molar-refractivity contribution in [3.8, 4) is 5.75 Å². The van der Waals surface area contributed by atoms with E-state index in [1.165, 1.54) is 24.9 Å². The van der Waals surface area contributed by atoms with Crippen LogP contribution in [-0.2, 0) is 0 Å².